The van der Waals surface area contributed by atoms with E-state index in [0.29, 0.717) is 12.8 Å². The summed E-state index contributed by atoms with van der Waals surface area (Å²) in [6.07, 6.45) is -1.12. The maximum Gasteiger partial charge on any atom is 0.0968 e. The number of hydrogen-bond acceptors (Lipinski definition) is 4. The summed E-state index contributed by atoms with van der Waals surface area (Å²) in [7, 11) is 0. The Bertz CT molecular complexity index is 496. The highest BCUT2D eigenvalue weighted by Gasteiger charge is 2.28. The first-order chi connectivity index (χ1) is 10.6. The van der Waals surface area contributed by atoms with Gasteiger partial charge >= 0.3 is 0 Å². The maximum absolute atomic E-state index is 10.2. The fourth-order valence-corrected chi connectivity index (χ4v) is 2.52. The molecule has 0 aliphatic carbocycles. The van der Waals surface area contributed by atoms with Gasteiger partial charge in [-0.2, -0.15) is 0 Å². The number of benzene rings is 2. The molecular formula is C18H24N2O2. The Kier molecular flexibility index (Phi) is 6.10. The lowest BCUT2D eigenvalue weighted by Gasteiger charge is -2.28. The van der Waals surface area contributed by atoms with Gasteiger partial charge in [0.2, 0.25) is 0 Å². The molecule has 6 N–H and O–H groups in total. The summed E-state index contributed by atoms with van der Waals surface area (Å²) in [5, 5.41) is 20.5. The number of rotatable bonds is 7. The van der Waals surface area contributed by atoms with Crippen molar-refractivity contribution in [3.05, 3.63) is 71.8 Å². The van der Waals surface area contributed by atoms with Crippen LogP contribution in [-0.4, -0.2) is 34.5 Å². The van der Waals surface area contributed by atoms with Crippen LogP contribution >= 0.6 is 0 Å². The van der Waals surface area contributed by atoms with Gasteiger partial charge in [-0.15, -0.1) is 0 Å². The third-order valence-electron chi connectivity index (χ3n) is 3.86. The van der Waals surface area contributed by atoms with Gasteiger partial charge in [0.15, 0.2) is 0 Å². The number of hydrogen-bond donors (Lipinski definition) is 4. The van der Waals surface area contributed by atoms with Gasteiger partial charge in [0.05, 0.1) is 12.2 Å². The largest absolute Gasteiger partial charge is 0.389 e. The Hall–Kier alpha value is -1.72. The van der Waals surface area contributed by atoms with Crippen LogP contribution in [0.3, 0.4) is 0 Å². The Balaban J connectivity index is 1.91. The van der Waals surface area contributed by atoms with E-state index in [9.17, 15) is 10.2 Å². The topological polar surface area (TPSA) is 92.5 Å². The van der Waals surface area contributed by atoms with E-state index in [-0.39, 0.29) is 0 Å². The number of aliphatic hydroxyl groups is 2. The van der Waals surface area contributed by atoms with E-state index >= 15 is 0 Å². The van der Waals surface area contributed by atoms with E-state index in [0.717, 1.165) is 11.1 Å². The van der Waals surface area contributed by atoms with Crippen LogP contribution in [0, 0.1) is 0 Å². The fraction of sp³-hybridized carbons (Fsp3) is 0.333. The molecule has 118 valence electrons. The highest BCUT2D eigenvalue weighted by molar-refractivity contribution is 5.18. The summed E-state index contributed by atoms with van der Waals surface area (Å²) < 4.78 is 0. The van der Waals surface area contributed by atoms with Crippen LogP contribution in [0.5, 0.6) is 0 Å². The minimum Gasteiger partial charge on any atom is -0.389 e. The second-order valence-electron chi connectivity index (χ2n) is 5.69. The van der Waals surface area contributed by atoms with Gasteiger partial charge in [0.25, 0.3) is 0 Å². The molecular weight excluding hydrogens is 276 g/mol. The zero-order chi connectivity index (χ0) is 15.9. The summed E-state index contributed by atoms with van der Waals surface area (Å²) in [6.45, 7) is 0. The number of nitrogens with two attached hydrogens (primary N) is 2. The summed E-state index contributed by atoms with van der Waals surface area (Å²) in [5.41, 5.74) is 14.1. The molecule has 0 aliphatic rings. The molecule has 0 saturated carbocycles. The van der Waals surface area contributed by atoms with Crippen molar-refractivity contribution in [1.29, 1.82) is 0 Å². The van der Waals surface area contributed by atoms with Crippen molar-refractivity contribution >= 4 is 0 Å². The SMILES string of the molecule is NC(Cc1ccccc1)C(O)C(O)[C@@H](N)Cc1ccccc1. The van der Waals surface area contributed by atoms with Crippen molar-refractivity contribution in [2.24, 2.45) is 11.5 Å². The van der Waals surface area contributed by atoms with Gasteiger partial charge in [-0.05, 0) is 24.0 Å². The first-order valence-electron chi connectivity index (χ1n) is 7.53. The third kappa shape index (κ3) is 4.64. The van der Waals surface area contributed by atoms with Gasteiger partial charge in [-0.3, -0.25) is 0 Å². The first-order valence-corrected chi connectivity index (χ1v) is 7.53. The van der Waals surface area contributed by atoms with Crippen LogP contribution in [0.2, 0.25) is 0 Å². The third-order valence-corrected chi connectivity index (χ3v) is 3.86. The standard InChI is InChI=1S/C18H24N2O2/c19-15(11-13-7-3-1-4-8-13)17(21)18(22)16(20)12-14-9-5-2-6-10-14/h1-10,15-18,21-22H,11-12,19-20H2/t15-,16?,17?,18?/m0/s1. The van der Waals surface area contributed by atoms with Gasteiger partial charge in [0, 0.05) is 12.1 Å². The van der Waals surface area contributed by atoms with Gasteiger partial charge in [-0.25, -0.2) is 0 Å². The Labute approximate surface area is 131 Å². The highest BCUT2D eigenvalue weighted by atomic mass is 16.3. The van der Waals surface area contributed by atoms with Crippen molar-refractivity contribution in [2.45, 2.75) is 37.1 Å². The summed E-state index contributed by atoms with van der Waals surface area (Å²) in [5.74, 6) is 0. The van der Waals surface area contributed by atoms with Crippen molar-refractivity contribution in [2.75, 3.05) is 0 Å². The van der Waals surface area contributed by atoms with E-state index in [1.54, 1.807) is 0 Å². The molecule has 0 saturated heterocycles. The van der Waals surface area contributed by atoms with Crippen LogP contribution in [0.15, 0.2) is 60.7 Å². The van der Waals surface area contributed by atoms with Gasteiger partial charge < -0.3 is 21.7 Å². The smallest absolute Gasteiger partial charge is 0.0968 e. The predicted molar refractivity (Wildman–Crippen MR) is 88.3 cm³/mol. The van der Waals surface area contributed by atoms with Crippen LogP contribution in [0.1, 0.15) is 11.1 Å². The molecule has 2 aromatic rings. The molecule has 0 spiro atoms. The Morgan fingerprint density at radius 2 is 0.955 bits per heavy atom. The number of aliphatic hydroxyl groups excluding tert-OH is 2. The molecule has 0 fully saturated rings. The van der Waals surface area contributed by atoms with Gasteiger partial charge in [-0.1, -0.05) is 60.7 Å². The van der Waals surface area contributed by atoms with Crippen LogP contribution in [0.4, 0.5) is 0 Å². The zero-order valence-electron chi connectivity index (χ0n) is 12.5. The minimum absolute atomic E-state index is 0.497. The quantitative estimate of drug-likeness (QED) is 0.610. The molecule has 3 unspecified atom stereocenters. The first kappa shape index (κ1) is 16.6. The van der Waals surface area contributed by atoms with Crippen molar-refractivity contribution in [1.82, 2.24) is 0 Å². The molecule has 0 bridgehead atoms. The van der Waals surface area contributed by atoms with E-state index in [2.05, 4.69) is 0 Å². The second kappa shape index (κ2) is 8.06. The monoisotopic (exact) mass is 300 g/mol. The van der Waals surface area contributed by atoms with Crippen molar-refractivity contribution < 1.29 is 10.2 Å². The molecule has 4 heteroatoms. The predicted octanol–water partition coefficient (Wildman–Crippen LogP) is 0.848. The molecule has 4 atom stereocenters. The molecule has 0 aromatic heterocycles. The van der Waals surface area contributed by atoms with E-state index in [1.807, 2.05) is 60.7 Å². The average Bonchev–Trinajstić information content (AvgIpc) is 2.55. The fourth-order valence-electron chi connectivity index (χ4n) is 2.52. The lowest BCUT2D eigenvalue weighted by Crippen LogP contribution is -2.52. The van der Waals surface area contributed by atoms with Crippen LogP contribution in [-0.2, 0) is 12.8 Å². The van der Waals surface area contributed by atoms with Gasteiger partial charge in [0.1, 0.15) is 0 Å². The van der Waals surface area contributed by atoms with E-state index in [1.165, 1.54) is 0 Å². The summed E-state index contributed by atoms with van der Waals surface area (Å²) in [6, 6.07) is 18.2. The molecule has 2 rings (SSSR count). The summed E-state index contributed by atoms with van der Waals surface area (Å²) >= 11 is 0. The average molecular weight is 300 g/mol. The normalized spacial score (nSPS) is 16.7. The molecule has 4 nitrogen and oxygen atoms in total. The molecule has 0 aliphatic heterocycles. The van der Waals surface area contributed by atoms with Crippen molar-refractivity contribution in [3.63, 3.8) is 0 Å². The molecule has 2 aromatic carbocycles. The zero-order valence-corrected chi connectivity index (χ0v) is 12.5. The maximum atomic E-state index is 10.2. The lowest BCUT2D eigenvalue weighted by atomic mass is 9.92. The summed E-state index contributed by atoms with van der Waals surface area (Å²) in [4.78, 5) is 0. The molecule has 0 radical (unpaired) electrons. The van der Waals surface area contributed by atoms with Crippen molar-refractivity contribution in [3.8, 4) is 0 Å². The lowest BCUT2D eigenvalue weighted by molar-refractivity contribution is -0.00975. The minimum atomic E-state index is -1.06. The molecule has 0 amide bonds. The molecule has 0 heterocycles. The second-order valence-corrected chi connectivity index (χ2v) is 5.69. The molecule has 22 heavy (non-hydrogen) atoms. The van der Waals surface area contributed by atoms with Crippen LogP contribution < -0.4 is 11.5 Å². The van der Waals surface area contributed by atoms with Crippen LogP contribution in [0.25, 0.3) is 0 Å². The highest BCUT2D eigenvalue weighted by Crippen LogP contribution is 2.11. The Morgan fingerprint density at radius 3 is 1.27 bits per heavy atom. The van der Waals surface area contributed by atoms with E-state index in [4.69, 9.17) is 11.5 Å². The van der Waals surface area contributed by atoms with E-state index < -0.39 is 24.3 Å². The Morgan fingerprint density at radius 1 is 0.636 bits per heavy atom.